The summed E-state index contributed by atoms with van der Waals surface area (Å²) in [4.78, 5) is 11.5. The van der Waals surface area contributed by atoms with Gasteiger partial charge in [-0.15, -0.1) is 0 Å². The first kappa shape index (κ1) is 13.8. The number of halogens is 1. The van der Waals surface area contributed by atoms with Crippen molar-refractivity contribution in [2.24, 2.45) is 0 Å². The normalized spacial score (nSPS) is 11.0. The van der Waals surface area contributed by atoms with Crippen LogP contribution in [-0.4, -0.2) is 20.0 Å². The summed E-state index contributed by atoms with van der Waals surface area (Å²) < 4.78 is 24.3. The van der Waals surface area contributed by atoms with Crippen LogP contribution in [0.1, 0.15) is 40.3 Å². The van der Waals surface area contributed by atoms with Gasteiger partial charge in [0, 0.05) is 19.8 Å². The second-order valence-electron chi connectivity index (χ2n) is 3.96. The van der Waals surface area contributed by atoms with Gasteiger partial charge in [0.05, 0.1) is 5.56 Å². The fourth-order valence-electron chi connectivity index (χ4n) is 1.85. The van der Waals surface area contributed by atoms with E-state index in [0.29, 0.717) is 5.56 Å². The molecule has 0 heterocycles. The molecule has 1 rings (SSSR count). The van der Waals surface area contributed by atoms with Crippen LogP contribution >= 0.6 is 0 Å². The molecule has 1 aromatic carbocycles. The smallest absolute Gasteiger partial charge is 0.185 e. The van der Waals surface area contributed by atoms with E-state index in [4.69, 9.17) is 9.47 Å². The molecule has 0 amide bonds. The van der Waals surface area contributed by atoms with Crippen LogP contribution in [0.2, 0.25) is 0 Å². The van der Waals surface area contributed by atoms with Crippen molar-refractivity contribution in [3.63, 3.8) is 0 Å². The van der Waals surface area contributed by atoms with Crippen LogP contribution in [0.3, 0.4) is 0 Å². The van der Waals surface area contributed by atoms with E-state index >= 15 is 0 Å². The van der Waals surface area contributed by atoms with Gasteiger partial charge in [-0.25, -0.2) is 4.39 Å². The third kappa shape index (κ3) is 2.53. The number of carbonyl (C=O) groups excluding carboxylic acids is 1. The molecule has 3 nitrogen and oxygen atoms in total. The predicted molar refractivity (Wildman–Crippen MR) is 62.6 cm³/mol. The number of hydrogen-bond acceptors (Lipinski definition) is 3. The molecule has 4 heteroatoms. The molecular weight excluding hydrogens is 223 g/mol. The molecule has 0 unspecified atom stereocenters. The largest absolute Gasteiger partial charge is 0.352 e. The molecule has 94 valence electrons. The Morgan fingerprint density at radius 1 is 1.29 bits per heavy atom. The Balaban J connectivity index is 3.49. The molecule has 0 aromatic heterocycles. The molecule has 0 aliphatic carbocycles. The standard InChI is InChI=1S/C13H17FO3/c1-7-6-10(13(16-4)17-5)12(14)11(8(7)2)9(3)15/h6,13H,1-5H3. The zero-order chi connectivity index (χ0) is 13.2. The Labute approximate surface area is 101 Å². The number of aryl methyl sites for hydroxylation is 1. The van der Waals surface area contributed by atoms with Gasteiger partial charge in [-0.1, -0.05) is 0 Å². The molecule has 0 spiro atoms. The van der Waals surface area contributed by atoms with Crippen LogP contribution in [0.4, 0.5) is 4.39 Å². The van der Waals surface area contributed by atoms with E-state index in [-0.39, 0.29) is 16.9 Å². The summed E-state index contributed by atoms with van der Waals surface area (Å²) >= 11 is 0. The van der Waals surface area contributed by atoms with E-state index in [9.17, 15) is 9.18 Å². The second kappa shape index (κ2) is 5.38. The van der Waals surface area contributed by atoms with Crippen LogP contribution < -0.4 is 0 Å². The summed E-state index contributed by atoms with van der Waals surface area (Å²) in [6, 6.07) is 1.65. The number of hydrogen-bond donors (Lipinski definition) is 0. The Kier molecular flexibility index (Phi) is 4.37. The number of Topliss-reactive ketones (excluding diaryl/α,β-unsaturated/α-hetero) is 1. The highest BCUT2D eigenvalue weighted by atomic mass is 19.1. The van der Waals surface area contributed by atoms with Crippen LogP contribution in [-0.2, 0) is 9.47 Å². The maximum Gasteiger partial charge on any atom is 0.185 e. The lowest BCUT2D eigenvalue weighted by Gasteiger charge is -2.18. The van der Waals surface area contributed by atoms with Crippen LogP contribution in [0.25, 0.3) is 0 Å². The lowest BCUT2D eigenvalue weighted by Crippen LogP contribution is -2.12. The number of carbonyl (C=O) groups is 1. The number of benzene rings is 1. The highest BCUT2D eigenvalue weighted by molar-refractivity contribution is 5.96. The minimum Gasteiger partial charge on any atom is -0.352 e. The lowest BCUT2D eigenvalue weighted by molar-refractivity contribution is -0.107. The van der Waals surface area contributed by atoms with Gasteiger partial charge in [0.15, 0.2) is 12.1 Å². The molecule has 0 bridgehead atoms. The molecule has 0 fully saturated rings. The molecule has 0 saturated carbocycles. The first-order valence-electron chi connectivity index (χ1n) is 5.30. The fourth-order valence-corrected chi connectivity index (χ4v) is 1.85. The molecule has 1 aromatic rings. The van der Waals surface area contributed by atoms with E-state index in [1.807, 2.05) is 6.92 Å². The van der Waals surface area contributed by atoms with Gasteiger partial charge in [-0.3, -0.25) is 4.79 Å². The van der Waals surface area contributed by atoms with E-state index in [0.717, 1.165) is 5.56 Å². The third-order valence-electron chi connectivity index (χ3n) is 2.85. The highest BCUT2D eigenvalue weighted by Gasteiger charge is 2.22. The lowest BCUT2D eigenvalue weighted by atomic mass is 9.96. The van der Waals surface area contributed by atoms with E-state index in [1.165, 1.54) is 21.1 Å². The van der Waals surface area contributed by atoms with Gasteiger partial charge >= 0.3 is 0 Å². The molecular formula is C13H17FO3. The summed E-state index contributed by atoms with van der Waals surface area (Å²) in [5.41, 5.74) is 1.86. The zero-order valence-corrected chi connectivity index (χ0v) is 10.8. The third-order valence-corrected chi connectivity index (χ3v) is 2.85. The van der Waals surface area contributed by atoms with Crippen molar-refractivity contribution in [2.75, 3.05) is 14.2 Å². The van der Waals surface area contributed by atoms with Gasteiger partial charge in [-0.05, 0) is 38.0 Å². The van der Waals surface area contributed by atoms with Crippen molar-refractivity contribution < 1.29 is 18.7 Å². The SMILES string of the molecule is COC(OC)c1cc(C)c(C)c(C(C)=O)c1F. The average Bonchev–Trinajstić information content (AvgIpc) is 2.26. The van der Waals surface area contributed by atoms with E-state index in [2.05, 4.69) is 0 Å². The molecule has 0 radical (unpaired) electrons. The van der Waals surface area contributed by atoms with Crippen LogP contribution in [0, 0.1) is 19.7 Å². The topological polar surface area (TPSA) is 35.5 Å². The van der Waals surface area contributed by atoms with Crippen molar-refractivity contribution in [1.82, 2.24) is 0 Å². The summed E-state index contributed by atoms with van der Waals surface area (Å²) in [6.07, 6.45) is -0.799. The Hall–Kier alpha value is -1.26. The Morgan fingerprint density at radius 3 is 2.24 bits per heavy atom. The Morgan fingerprint density at radius 2 is 1.82 bits per heavy atom. The average molecular weight is 240 g/mol. The van der Waals surface area contributed by atoms with E-state index < -0.39 is 12.1 Å². The summed E-state index contributed by atoms with van der Waals surface area (Å²) in [5, 5.41) is 0. The minimum absolute atomic E-state index is 0.110. The highest BCUT2D eigenvalue weighted by Crippen LogP contribution is 2.28. The quantitative estimate of drug-likeness (QED) is 0.599. The fraction of sp³-hybridized carbons (Fsp3) is 0.462. The van der Waals surface area contributed by atoms with Gasteiger partial charge in [0.25, 0.3) is 0 Å². The second-order valence-corrected chi connectivity index (χ2v) is 3.96. The van der Waals surface area contributed by atoms with Gasteiger partial charge in [-0.2, -0.15) is 0 Å². The van der Waals surface area contributed by atoms with Gasteiger partial charge < -0.3 is 9.47 Å². The molecule has 17 heavy (non-hydrogen) atoms. The van der Waals surface area contributed by atoms with Crippen molar-refractivity contribution >= 4 is 5.78 Å². The summed E-state index contributed by atoms with van der Waals surface area (Å²) in [6.45, 7) is 4.91. The predicted octanol–water partition coefficient (Wildman–Crippen LogP) is 2.94. The number of rotatable bonds is 4. The first-order chi connectivity index (χ1) is 7.93. The maximum atomic E-state index is 14.2. The first-order valence-corrected chi connectivity index (χ1v) is 5.30. The molecule has 0 aliphatic heterocycles. The Bertz CT molecular complexity index is 437. The minimum atomic E-state index is -0.799. The number of methoxy groups -OCH3 is 2. The van der Waals surface area contributed by atoms with Crippen LogP contribution in [0.5, 0.6) is 0 Å². The zero-order valence-electron chi connectivity index (χ0n) is 10.8. The van der Waals surface area contributed by atoms with Crippen molar-refractivity contribution in [3.8, 4) is 0 Å². The number of ketones is 1. The van der Waals surface area contributed by atoms with Crippen LogP contribution in [0.15, 0.2) is 6.07 Å². The molecule has 0 saturated heterocycles. The van der Waals surface area contributed by atoms with Gasteiger partial charge in [0.2, 0.25) is 0 Å². The van der Waals surface area contributed by atoms with Gasteiger partial charge in [0.1, 0.15) is 5.82 Å². The molecule has 0 aliphatic rings. The van der Waals surface area contributed by atoms with E-state index in [1.54, 1.807) is 13.0 Å². The van der Waals surface area contributed by atoms with Crippen molar-refractivity contribution in [2.45, 2.75) is 27.1 Å². The monoisotopic (exact) mass is 240 g/mol. The summed E-state index contributed by atoms with van der Waals surface area (Å²) in [5.74, 6) is -0.856. The summed E-state index contributed by atoms with van der Waals surface area (Å²) in [7, 11) is 2.85. The van der Waals surface area contributed by atoms with Crippen molar-refractivity contribution in [1.29, 1.82) is 0 Å². The van der Waals surface area contributed by atoms with Crippen molar-refractivity contribution in [3.05, 3.63) is 34.1 Å². The molecule has 0 atom stereocenters. The maximum absolute atomic E-state index is 14.2. The molecule has 0 N–H and O–H groups in total. The number of ether oxygens (including phenoxy) is 2.